The Balaban J connectivity index is 2.00. The van der Waals surface area contributed by atoms with Crippen molar-refractivity contribution in [2.24, 2.45) is 5.92 Å². The molecule has 0 aliphatic carbocycles. The van der Waals surface area contributed by atoms with Gasteiger partial charge in [0.15, 0.2) is 0 Å². The summed E-state index contributed by atoms with van der Waals surface area (Å²) < 4.78 is 0. The predicted octanol–water partition coefficient (Wildman–Crippen LogP) is 1.41. The average molecular weight is 261 g/mol. The summed E-state index contributed by atoms with van der Waals surface area (Å²) >= 11 is 0. The van der Waals surface area contributed by atoms with Crippen molar-refractivity contribution in [2.45, 2.75) is 19.8 Å². The molecule has 1 saturated heterocycles. The zero-order valence-electron chi connectivity index (χ0n) is 11.1. The summed E-state index contributed by atoms with van der Waals surface area (Å²) in [5.41, 5.74) is 1.51. The van der Waals surface area contributed by atoms with E-state index in [2.05, 4.69) is 0 Å². The van der Waals surface area contributed by atoms with Gasteiger partial charge in [0.25, 0.3) is 5.91 Å². The number of aliphatic hydroxyl groups excluding tert-OH is 1. The molecule has 0 aromatic heterocycles. The SMILES string of the molecule is Cc1ccc(C(=O)C(=O)N2CCC(CO)CC2)cc1. The van der Waals surface area contributed by atoms with Crippen LogP contribution in [0.25, 0.3) is 0 Å². The summed E-state index contributed by atoms with van der Waals surface area (Å²) in [5.74, 6) is -0.610. The van der Waals surface area contributed by atoms with Crippen LogP contribution in [0.4, 0.5) is 0 Å². The van der Waals surface area contributed by atoms with Crippen molar-refractivity contribution >= 4 is 11.7 Å². The number of likely N-dealkylation sites (tertiary alicyclic amines) is 1. The van der Waals surface area contributed by atoms with Gasteiger partial charge in [-0.15, -0.1) is 0 Å². The lowest BCUT2D eigenvalue weighted by atomic mass is 9.97. The van der Waals surface area contributed by atoms with Crippen LogP contribution < -0.4 is 0 Å². The van der Waals surface area contributed by atoms with Crippen LogP contribution in [0.3, 0.4) is 0 Å². The second kappa shape index (κ2) is 5.97. The molecule has 0 unspecified atom stereocenters. The Bertz CT molecular complexity index is 459. The Morgan fingerprint density at radius 3 is 2.32 bits per heavy atom. The zero-order valence-corrected chi connectivity index (χ0v) is 11.1. The monoisotopic (exact) mass is 261 g/mol. The summed E-state index contributed by atoms with van der Waals surface area (Å²) in [6.45, 7) is 3.22. The maximum absolute atomic E-state index is 12.1. The molecular formula is C15H19NO3. The highest BCUT2D eigenvalue weighted by Crippen LogP contribution is 2.17. The van der Waals surface area contributed by atoms with Gasteiger partial charge in [-0.2, -0.15) is 0 Å². The molecule has 2 rings (SSSR count). The van der Waals surface area contributed by atoms with E-state index in [4.69, 9.17) is 5.11 Å². The topological polar surface area (TPSA) is 57.6 Å². The Labute approximate surface area is 113 Å². The lowest BCUT2D eigenvalue weighted by Gasteiger charge is -2.30. The van der Waals surface area contributed by atoms with Gasteiger partial charge in [-0.1, -0.05) is 29.8 Å². The van der Waals surface area contributed by atoms with Gasteiger partial charge in [-0.25, -0.2) is 0 Å². The minimum absolute atomic E-state index is 0.161. The Hall–Kier alpha value is -1.68. The molecule has 1 aromatic rings. The lowest BCUT2D eigenvalue weighted by Crippen LogP contribution is -2.42. The molecule has 1 fully saturated rings. The van der Waals surface area contributed by atoms with Crippen LogP contribution in [-0.4, -0.2) is 41.4 Å². The number of amides is 1. The van der Waals surface area contributed by atoms with Crippen molar-refractivity contribution in [3.63, 3.8) is 0 Å². The third kappa shape index (κ3) is 3.20. The van der Waals surface area contributed by atoms with Gasteiger partial charge in [0.05, 0.1) is 0 Å². The van der Waals surface area contributed by atoms with E-state index in [0.29, 0.717) is 18.7 Å². The van der Waals surface area contributed by atoms with E-state index in [1.165, 1.54) is 0 Å². The van der Waals surface area contributed by atoms with Crippen molar-refractivity contribution in [3.8, 4) is 0 Å². The highest BCUT2D eigenvalue weighted by molar-refractivity contribution is 6.42. The molecule has 0 saturated carbocycles. The Morgan fingerprint density at radius 1 is 1.21 bits per heavy atom. The number of ketones is 1. The summed E-state index contributed by atoms with van der Waals surface area (Å²) in [6.07, 6.45) is 1.53. The maximum atomic E-state index is 12.1. The van der Waals surface area contributed by atoms with E-state index < -0.39 is 11.7 Å². The van der Waals surface area contributed by atoms with Crippen molar-refractivity contribution in [3.05, 3.63) is 35.4 Å². The van der Waals surface area contributed by atoms with Crippen LogP contribution >= 0.6 is 0 Å². The number of carbonyl (C=O) groups excluding carboxylic acids is 2. The normalized spacial score (nSPS) is 16.4. The largest absolute Gasteiger partial charge is 0.396 e. The van der Waals surface area contributed by atoms with Crippen LogP contribution in [-0.2, 0) is 4.79 Å². The number of hydrogen-bond donors (Lipinski definition) is 1. The van der Waals surface area contributed by atoms with Gasteiger partial charge in [-0.3, -0.25) is 9.59 Å². The molecule has 0 bridgehead atoms. The van der Waals surface area contributed by atoms with Crippen LogP contribution in [0.2, 0.25) is 0 Å². The van der Waals surface area contributed by atoms with Gasteiger partial charge in [0.2, 0.25) is 5.78 Å². The minimum atomic E-state index is -0.442. The molecule has 4 nitrogen and oxygen atoms in total. The van der Waals surface area contributed by atoms with E-state index in [9.17, 15) is 9.59 Å². The molecule has 102 valence electrons. The fourth-order valence-electron chi connectivity index (χ4n) is 2.29. The number of benzene rings is 1. The van der Waals surface area contributed by atoms with E-state index >= 15 is 0 Å². The zero-order chi connectivity index (χ0) is 13.8. The van der Waals surface area contributed by atoms with E-state index in [1.54, 1.807) is 17.0 Å². The molecule has 1 aromatic carbocycles. The van der Waals surface area contributed by atoms with Gasteiger partial charge in [-0.05, 0) is 25.7 Å². The molecule has 1 amide bonds. The van der Waals surface area contributed by atoms with E-state index in [1.807, 2.05) is 19.1 Å². The fraction of sp³-hybridized carbons (Fsp3) is 0.467. The van der Waals surface area contributed by atoms with E-state index in [0.717, 1.165) is 18.4 Å². The smallest absolute Gasteiger partial charge is 0.294 e. The fourth-order valence-corrected chi connectivity index (χ4v) is 2.29. The van der Waals surface area contributed by atoms with E-state index in [-0.39, 0.29) is 12.5 Å². The summed E-state index contributed by atoms with van der Waals surface area (Å²) in [6, 6.07) is 7.04. The quantitative estimate of drug-likeness (QED) is 0.661. The maximum Gasteiger partial charge on any atom is 0.294 e. The molecule has 0 spiro atoms. The molecule has 1 heterocycles. The second-order valence-electron chi connectivity index (χ2n) is 5.11. The molecule has 1 aliphatic rings. The number of hydrogen-bond acceptors (Lipinski definition) is 3. The number of carbonyl (C=O) groups is 2. The first kappa shape index (κ1) is 13.7. The van der Waals surface area contributed by atoms with Crippen molar-refractivity contribution in [1.82, 2.24) is 4.90 Å². The van der Waals surface area contributed by atoms with Gasteiger partial charge in [0.1, 0.15) is 0 Å². The standard InChI is InChI=1S/C15H19NO3/c1-11-2-4-13(5-3-11)14(18)15(19)16-8-6-12(10-17)7-9-16/h2-5,12,17H,6-10H2,1H3. The number of aryl methyl sites for hydroxylation is 1. The van der Waals surface area contributed by atoms with Crippen LogP contribution in [0.15, 0.2) is 24.3 Å². The highest BCUT2D eigenvalue weighted by atomic mass is 16.3. The van der Waals surface area contributed by atoms with Crippen LogP contribution in [0.1, 0.15) is 28.8 Å². The molecule has 0 radical (unpaired) electrons. The highest BCUT2D eigenvalue weighted by Gasteiger charge is 2.27. The second-order valence-corrected chi connectivity index (χ2v) is 5.11. The number of nitrogens with zero attached hydrogens (tertiary/aromatic N) is 1. The molecular weight excluding hydrogens is 242 g/mol. The molecule has 1 N–H and O–H groups in total. The minimum Gasteiger partial charge on any atom is -0.396 e. The number of piperidine rings is 1. The molecule has 19 heavy (non-hydrogen) atoms. The summed E-state index contributed by atoms with van der Waals surface area (Å²) in [5, 5.41) is 9.06. The first-order valence-corrected chi connectivity index (χ1v) is 6.63. The van der Waals surface area contributed by atoms with Crippen LogP contribution in [0.5, 0.6) is 0 Å². The predicted molar refractivity (Wildman–Crippen MR) is 71.9 cm³/mol. The molecule has 4 heteroatoms. The first-order chi connectivity index (χ1) is 9.11. The van der Waals surface area contributed by atoms with Crippen molar-refractivity contribution in [2.75, 3.05) is 19.7 Å². The first-order valence-electron chi connectivity index (χ1n) is 6.63. The lowest BCUT2D eigenvalue weighted by molar-refractivity contribution is -0.128. The third-order valence-electron chi connectivity index (χ3n) is 3.67. The Kier molecular flexibility index (Phi) is 4.32. The van der Waals surface area contributed by atoms with Crippen molar-refractivity contribution in [1.29, 1.82) is 0 Å². The number of rotatable bonds is 3. The number of aliphatic hydroxyl groups is 1. The van der Waals surface area contributed by atoms with Gasteiger partial charge < -0.3 is 10.0 Å². The molecule has 1 aliphatic heterocycles. The molecule has 0 atom stereocenters. The number of Topliss-reactive ketones (excluding diaryl/α,β-unsaturated/α-hetero) is 1. The average Bonchev–Trinajstić information content (AvgIpc) is 2.46. The summed E-state index contributed by atoms with van der Waals surface area (Å²) in [4.78, 5) is 25.7. The van der Waals surface area contributed by atoms with Crippen LogP contribution in [0, 0.1) is 12.8 Å². The third-order valence-corrected chi connectivity index (χ3v) is 3.67. The van der Waals surface area contributed by atoms with Crippen molar-refractivity contribution < 1.29 is 14.7 Å². The van der Waals surface area contributed by atoms with Gasteiger partial charge in [0, 0.05) is 25.3 Å². The van der Waals surface area contributed by atoms with Gasteiger partial charge >= 0.3 is 0 Å². The summed E-state index contributed by atoms with van der Waals surface area (Å²) in [7, 11) is 0. The Morgan fingerprint density at radius 2 is 1.79 bits per heavy atom.